The van der Waals surface area contributed by atoms with E-state index in [4.69, 9.17) is 0 Å². The number of nitrogens with zero attached hydrogens (tertiary/aromatic N) is 3. The summed E-state index contributed by atoms with van der Waals surface area (Å²) < 4.78 is 0. The van der Waals surface area contributed by atoms with E-state index in [1.165, 1.54) is 22.3 Å². The lowest BCUT2D eigenvalue weighted by atomic mass is 10.0. The Morgan fingerprint density at radius 1 is 0.683 bits per heavy atom. The molecule has 0 radical (unpaired) electrons. The van der Waals surface area contributed by atoms with E-state index in [-0.39, 0.29) is 12.6 Å². The fraction of sp³-hybridized carbons (Fsp3) is 0.353. The Morgan fingerprint density at radius 3 is 1.78 bits per heavy atom. The number of rotatable bonds is 18. The SMILES string of the molecule is Cc1ccc(CC(CO)NCc2ccc(CN(CCNCc3ccccn3)CCNCc3ccccn3)cc2)cc1. The number of aryl methyl sites for hydroxylation is 1. The second-order valence-corrected chi connectivity index (χ2v) is 10.5. The van der Waals surface area contributed by atoms with E-state index >= 15 is 0 Å². The molecular formula is C34H44N6O. The minimum atomic E-state index is 0.0325. The van der Waals surface area contributed by atoms with Crippen molar-refractivity contribution in [1.29, 1.82) is 0 Å². The van der Waals surface area contributed by atoms with Gasteiger partial charge < -0.3 is 21.1 Å². The highest BCUT2D eigenvalue weighted by atomic mass is 16.3. The Labute approximate surface area is 245 Å². The van der Waals surface area contributed by atoms with Gasteiger partial charge in [-0.3, -0.25) is 14.9 Å². The second-order valence-electron chi connectivity index (χ2n) is 10.5. The molecule has 4 N–H and O–H groups in total. The maximum Gasteiger partial charge on any atom is 0.0587 e. The largest absolute Gasteiger partial charge is 0.395 e. The molecule has 7 heteroatoms. The normalized spacial score (nSPS) is 12.1. The lowest BCUT2D eigenvalue weighted by molar-refractivity contribution is 0.241. The predicted octanol–water partition coefficient (Wildman–Crippen LogP) is 3.86. The highest BCUT2D eigenvalue weighted by molar-refractivity contribution is 5.24. The average molecular weight is 553 g/mol. The molecular weight excluding hydrogens is 508 g/mol. The van der Waals surface area contributed by atoms with Gasteiger partial charge in [0.25, 0.3) is 0 Å². The van der Waals surface area contributed by atoms with Gasteiger partial charge in [-0.2, -0.15) is 0 Å². The summed E-state index contributed by atoms with van der Waals surface area (Å²) in [6.45, 7) is 9.04. The highest BCUT2D eigenvalue weighted by Gasteiger charge is 2.10. The van der Waals surface area contributed by atoms with Crippen LogP contribution in [0.25, 0.3) is 0 Å². The van der Waals surface area contributed by atoms with Gasteiger partial charge in [0.15, 0.2) is 0 Å². The number of aliphatic hydroxyl groups is 1. The monoisotopic (exact) mass is 552 g/mol. The van der Waals surface area contributed by atoms with Crippen LogP contribution < -0.4 is 16.0 Å². The first-order chi connectivity index (χ1) is 20.2. The molecule has 1 atom stereocenters. The van der Waals surface area contributed by atoms with Crippen molar-refractivity contribution in [2.75, 3.05) is 32.8 Å². The third-order valence-electron chi connectivity index (χ3n) is 7.12. The van der Waals surface area contributed by atoms with E-state index < -0.39 is 0 Å². The molecule has 1 unspecified atom stereocenters. The maximum absolute atomic E-state index is 9.88. The summed E-state index contributed by atoms with van der Waals surface area (Å²) >= 11 is 0. The van der Waals surface area contributed by atoms with Crippen molar-refractivity contribution in [3.63, 3.8) is 0 Å². The molecule has 0 aliphatic rings. The summed E-state index contributed by atoms with van der Waals surface area (Å²) in [5.41, 5.74) is 7.12. The van der Waals surface area contributed by atoms with Crippen molar-refractivity contribution >= 4 is 0 Å². The summed E-state index contributed by atoms with van der Waals surface area (Å²) in [5, 5.41) is 20.5. The smallest absolute Gasteiger partial charge is 0.0587 e. The predicted molar refractivity (Wildman–Crippen MR) is 166 cm³/mol. The highest BCUT2D eigenvalue weighted by Crippen LogP contribution is 2.10. The molecule has 216 valence electrons. The average Bonchev–Trinajstić information content (AvgIpc) is 3.02. The van der Waals surface area contributed by atoms with Gasteiger partial charge >= 0.3 is 0 Å². The van der Waals surface area contributed by atoms with Crippen LogP contribution in [0.1, 0.15) is 33.6 Å². The molecule has 4 rings (SSSR count). The molecule has 0 saturated carbocycles. The minimum absolute atomic E-state index is 0.0325. The van der Waals surface area contributed by atoms with Crippen LogP contribution in [0.3, 0.4) is 0 Å². The van der Waals surface area contributed by atoms with E-state index in [2.05, 4.69) is 86.3 Å². The Morgan fingerprint density at radius 2 is 1.24 bits per heavy atom. The molecule has 2 aromatic carbocycles. The number of aliphatic hydroxyl groups excluding tert-OH is 1. The summed E-state index contributed by atoms with van der Waals surface area (Å²) in [7, 11) is 0. The number of benzene rings is 2. The Bertz CT molecular complexity index is 1190. The molecule has 0 bridgehead atoms. The van der Waals surface area contributed by atoms with Crippen molar-refractivity contribution in [2.45, 2.75) is 45.6 Å². The van der Waals surface area contributed by atoms with Crippen LogP contribution in [0, 0.1) is 6.92 Å². The Kier molecular flexibility index (Phi) is 12.9. The first-order valence-corrected chi connectivity index (χ1v) is 14.6. The molecule has 0 fully saturated rings. The van der Waals surface area contributed by atoms with Gasteiger partial charge in [-0.05, 0) is 54.3 Å². The van der Waals surface area contributed by atoms with Crippen molar-refractivity contribution in [1.82, 2.24) is 30.8 Å². The first kappa shape index (κ1) is 30.5. The van der Waals surface area contributed by atoms with E-state index in [1.807, 2.05) is 48.8 Å². The number of aromatic nitrogens is 2. The second kappa shape index (κ2) is 17.4. The van der Waals surface area contributed by atoms with Crippen LogP contribution in [-0.4, -0.2) is 58.8 Å². The van der Waals surface area contributed by atoms with Gasteiger partial charge in [0.1, 0.15) is 0 Å². The van der Waals surface area contributed by atoms with Crippen LogP contribution in [0.5, 0.6) is 0 Å². The zero-order valence-corrected chi connectivity index (χ0v) is 24.2. The van der Waals surface area contributed by atoms with E-state index in [0.717, 1.165) is 70.2 Å². The molecule has 0 spiro atoms. The summed E-state index contributed by atoms with van der Waals surface area (Å²) in [4.78, 5) is 11.3. The van der Waals surface area contributed by atoms with Crippen molar-refractivity contribution in [2.24, 2.45) is 0 Å². The summed E-state index contributed by atoms with van der Waals surface area (Å²) in [5.74, 6) is 0. The van der Waals surface area contributed by atoms with E-state index in [9.17, 15) is 5.11 Å². The molecule has 2 heterocycles. The summed E-state index contributed by atoms with van der Waals surface area (Å²) in [6, 6.07) is 29.4. The van der Waals surface area contributed by atoms with Gasteiger partial charge in [0.05, 0.1) is 18.0 Å². The molecule has 0 saturated heterocycles. The molecule has 2 aromatic heterocycles. The number of hydrogen-bond donors (Lipinski definition) is 4. The van der Waals surface area contributed by atoms with Crippen LogP contribution in [-0.2, 0) is 32.6 Å². The fourth-order valence-electron chi connectivity index (χ4n) is 4.68. The van der Waals surface area contributed by atoms with Crippen LogP contribution in [0.2, 0.25) is 0 Å². The molecule has 0 aliphatic carbocycles. The minimum Gasteiger partial charge on any atom is -0.395 e. The molecule has 7 nitrogen and oxygen atoms in total. The third-order valence-corrected chi connectivity index (χ3v) is 7.12. The lowest BCUT2D eigenvalue weighted by Gasteiger charge is -2.23. The Hall–Kier alpha value is -3.46. The van der Waals surface area contributed by atoms with Crippen LogP contribution >= 0.6 is 0 Å². The Balaban J connectivity index is 1.25. The lowest BCUT2D eigenvalue weighted by Crippen LogP contribution is -2.36. The van der Waals surface area contributed by atoms with Crippen LogP contribution in [0.4, 0.5) is 0 Å². The first-order valence-electron chi connectivity index (χ1n) is 14.6. The molecule has 4 aromatic rings. The van der Waals surface area contributed by atoms with Gasteiger partial charge in [-0.25, -0.2) is 0 Å². The van der Waals surface area contributed by atoms with Crippen molar-refractivity contribution in [3.8, 4) is 0 Å². The van der Waals surface area contributed by atoms with Gasteiger partial charge in [0, 0.05) is 70.8 Å². The van der Waals surface area contributed by atoms with E-state index in [0.29, 0.717) is 0 Å². The summed E-state index contributed by atoms with van der Waals surface area (Å²) in [6.07, 6.45) is 4.49. The van der Waals surface area contributed by atoms with Crippen molar-refractivity contribution < 1.29 is 5.11 Å². The van der Waals surface area contributed by atoms with Crippen molar-refractivity contribution in [3.05, 3.63) is 131 Å². The third kappa shape index (κ3) is 11.5. The topological polar surface area (TPSA) is 85.3 Å². The fourth-order valence-corrected chi connectivity index (χ4v) is 4.68. The molecule has 0 amide bonds. The van der Waals surface area contributed by atoms with Gasteiger partial charge in [-0.15, -0.1) is 0 Å². The number of nitrogens with one attached hydrogen (secondary N) is 3. The molecule has 41 heavy (non-hydrogen) atoms. The quantitative estimate of drug-likeness (QED) is 0.140. The van der Waals surface area contributed by atoms with Crippen LogP contribution in [0.15, 0.2) is 97.3 Å². The van der Waals surface area contributed by atoms with E-state index in [1.54, 1.807) is 0 Å². The number of hydrogen-bond acceptors (Lipinski definition) is 7. The zero-order chi connectivity index (χ0) is 28.5. The molecule has 0 aliphatic heterocycles. The standard InChI is InChI=1S/C34H44N6O/c1-28-8-10-29(11-9-28)22-34(27-41)39-23-30-12-14-31(15-13-30)26-40(20-18-35-24-32-6-2-4-16-37-32)21-19-36-25-33-7-3-5-17-38-33/h2-17,34-36,39,41H,18-27H2,1H3. The maximum atomic E-state index is 9.88. The zero-order valence-electron chi connectivity index (χ0n) is 24.2. The van der Waals surface area contributed by atoms with Gasteiger partial charge in [0.2, 0.25) is 0 Å². The number of pyridine rings is 2. The van der Waals surface area contributed by atoms with Gasteiger partial charge in [-0.1, -0.05) is 66.2 Å².